The number of aryl methyl sites for hydroxylation is 1. The molecule has 0 radical (unpaired) electrons. The molecule has 180 valence electrons. The summed E-state index contributed by atoms with van der Waals surface area (Å²) in [6.45, 7) is 6.54. The highest BCUT2D eigenvalue weighted by Crippen LogP contribution is 2.25. The molecule has 0 spiro atoms. The summed E-state index contributed by atoms with van der Waals surface area (Å²) in [5.41, 5.74) is 2.38. The first-order valence-corrected chi connectivity index (χ1v) is 11.3. The summed E-state index contributed by atoms with van der Waals surface area (Å²) < 4.78 is 12.2. The van der Waals surface area contributed by atoms with Crippen LogP contribution in [-0.4, -0.2) is 76.4 Å². The first-order valence-electron chi connectivity index (χ1n) is 11.3. The van der Waals surface area contributed by atoms with E-state index < -0.39 is 0 Å². The van der Waals surface area contributed by atoms with E-state index in [0.29, 0.717) is 50.8 Å². The fourth-order valence-electron chi connectivity index (χ4n) is 4.11. The van der Waals surface area contributed by atoms with Crippen molar-refractivity contribution in [1.29, 1.82) is 0 Å². The number of carbonyl (C=O) groups is 2. The zero-order valence-corrected chi connectivity index (χ0v) is 19.7. The third-order valence-electron chi connectivity index (χ3n) is 5.82. The molecule has 34 heavy (non-hydrogen) atoms. The Balaban J connectivity index is 1.46. The van der Waals surface area contributed by atoms with E-state index in [2.05, 4.69) is 25.3 Å². The number of para-hydroxylation sites is 1. The lowest BCUT2D eigenvalue weighted by atomic mass is 10.1. The van der Waals surface area contributed by atoms with E-state index in [4.69, 9.17) is 9.47 Å². The summed E-state index contributed by atoms with van der Waals surface area (Å²) >= 11 is 0. The van der Waals surface area contributed by atoms with Gasteiger partial charge in [0.15, 0.2) is 0 Å². The summed E-state index contributed by atoms with van der Waals surface area (Å²) in [5.74, 6) is 1.66. The van der Waals surface area contributed by atoms with E-state index in [1.54, 1.807) is 23.4 Å². The number of urea groups is 1. The summed E-state index contributed by atoms with van der Waals surface area (Å²) in [6, 6.07) is 7.48. The Morgan fingerprint density at radius 3 is 2.65 bits per heavy atom. The number of ether oxygens (including phenoxy) is 2. The highest BCUT2D eigenvalue weighted by Gasteiger charge is 2.27. The lowest BCUT2D eigenvalue weighted by Gasteiger charge is -2.36. The number of amides is 2. The van der Waals surface area contributed by atoms with Gasteiger partial charge in [-0.25, -0.2) is 9.78 Å². The third-order valence-corrected chi connectivity index (χ3v) is 5.82. The Morgan fingerprint density at radius 2 is 1.91 bits per heavy atom. The van der Waals surface area contributed by atoms with Crippen LogP contribution in [0.5, 0.6) is 5.75 Å². The fraction of sp³-hybridized carbons (Fsp3) is 0.435. The number of methoxy groups -OCH3 is 1. The highest BCUT2D eigenvalue weighted by molar-refractivity contribution is 5.76. The van der Waals surface area contributed by atoms with Gasteiger partial charge in [-0.05, 0) is 19.9 Å². The Morgan fingerprint density at radius 1 is 1.15 bits per heavy atom. The molecule has 1 aromatic carbocycles. The molecular weight excluding hydrogens is 438 g/mol. The number of aromatic nitrogens is 4. The van der Waals surface area contributed by atoms with Gasteiger partial charge in [0.2, 0.25) is 0 Å². The summed E-state index contributed by atoms with van der Waals surface area (Å²) in [4.78, 5) is 37.6. The van der Waals surface area contributed by atoms with Crippen molar-refractivity contribution in [2.75, 3.05) is 44.8 Å². The van der Waals surface area contributed by atoms with Gasteiger partial charge < -0.3 is 24.6 Å². The van der Waals surface area contributed by atoms with Crippen LogP contribution in [0, 0.1) is 6.92 Å². The SMILES string of the molecule is CCOC(=O)Cc1c(C)nc2ncnn2c1N1CCN(C(=O)NCc2ccccc2OC)CC1. The van der Waals surface area contributed by atoms with Crippen molar-refractivity contribution in [3.8, 4) is 5.75 Å². The van der Waals surface area contributed by atoms with Crippen LogP contribution in [0.4, 0.5) is 10.6 Å². The average molecular weight is 468 g/mol. The monoisotopic (exact) mass is 467 g/mol. The van der Waals surface area contributed by atoms with Crippen molar-refractivity contribution in [2.45, 2.75) is 26.8 Å². The van der Waals surface area contributed by atoms with Crippen molar-refractivity contribution in [3.63, 3.8) is 0 Å². The fourth-order valence-corrected chi connectivity index (χ4v) is 4.11. The predicted molar refractivity (Wildman–Crippen MR) is 125 cm³/mol. The first kappa shape index (κ1) is 23.3. The van der Waals surface area contributed by atoms with Crippen LogP contribution in [0.1, 0.15) is 23.7 Å². The number of nitrogens with zero attached hydrogens (tertiary/aromatic N) is 6. The number of carbonyl (C=O) groups excluding carboxylic acids is 2. The van der Waals surface area contributed by atoms with Gasteiger partial charge in [-0.1, -0.05) is 18.2 Å². The maximum absolute atomic E-state index is 12.8. The smallest absolute Gasteiger partial charge is 0.317 e. The van der Waals surface area contributed by atoms with E-state index in [1.807, 2.05) is 31.2 Å². The van der Waals surface area contributed by atoms with E-state index in [1.165, 1.54) is 6.33 Å². The van der Waals surface area contributed by atoms with Gasteiger partial charge in [0.1, 0.15) is 17.9 Å². The van der Waals surface area contributed by atoms with Crippen LogP contribution in [0.3, 0.4) is 0 Å². The zero-order valence-electron chi connectivity index (χ0n) is 19.7. The molecule has 2 amide bonds. The van der Waals surface area contributed by atoms with E-state index >= 15 is 0 Å². The molecule has 3 heterocycles. The number of hydrogen-bond acceptors (Lipinski definition) is 8. The predicted octanol–water partition coefficient (Wildman–Crippen LogP) is 1.58. The average Bonchev–Trinajstić information content (AvgIpc) is 3.31. The van der Waals surface area contributed by atoms with Gasteiger partial charge in [0, 0.05) is 49.5 Å². The normalized spacial score (nSPS) is 13.7. The number of benzene rings is 1. The number of anilines is 1. The second-order valence-corrected chi connectivity index (χ2v) is 7.90. The Bertz CT molecular complexity index is 1170. The Hall–Kier alpha value is -3.89. The van der Waals surface area contributed by atoms with Crippen LogP contribution in [0.25, 0.3) is 5.78 Å². The lowest BCUT2D eigenvalue weighted by molar-refractivity contribution is -0.142. The van der Waals surface area contributed by atoms with Crippen molar-refractivity contribution < 1.29 is 19.1 Å². The molecule has 11 nitrogen and oxygen atoms in total. The van der Waals surface area contributed by atoms with Crippen LogP contribution < -0.4 is 15.0 Å². The second kappa shape index (κ2) is 10.4. The molecule has 0 bridgehead atoms. The summed E-state index contributed by atoms with van der Waals surface area (Å²) in [6.07, 6.45) is 1.54. The van der Waals surface area contributed by atoms with Gasteiger partial charge in [0.25, 0.3) is 5.78 Å². The maximum atomic E-state index is 12.8. The van der Waals surface area contributed by atoms with Crippen LogP contribution >= 0.6 is 0 Å². The van der Waals surface area contributed by atoms with Crippen molar-refractivity contribution in [2.24, 2.45) is 0 Å². The molecule has 1 aliphatic rings. The molecule has 1 fully saturated rings. The molecule has 1 N–H and O–H groups in total. The standard InChI is InChI=1S/C23H29N7O4/c1-4-34-20(31)13-18-16(2)27-22-25-15-26-30(22)21(18)28-9-11-29(12-10-28)23(32)24-14-17-7-5-6-8-19(17)33-3/h5-8,15H,4,9-14H2,1-3H3,(H,24,32). The molecule has 1 aliphatic heterocycles. The minimum atomic E-state index is -0.317. The van der Waals surface area contributed by atoms with Crippen molar-refractivity contribution in [3.05, 3.63) is 47.4 Å². The summed E-state index contributed by atoms with van der Waals surface area (Å²) in [5, 5.41) is 7.30. The van der Waals surface area contributed by atoms with Crippen LogP contribution in [0.2, 0.25) is 0 Å². The molecule has 0 saturated carbocycles. The number of hydrogen-bond donors (Lipinski definition) is 1. The first-order chi connectivity index (χ1) is 16.5. The highest BCUT2D eigenvalue weighted by atomic mass is 16.5. The maximum Gasteiger partial charge on any atom is 0.317 e. The molecule has 0 unspecified atom stereocenters. The summed E-state index contributed by atoms with van der Waals surface area (Å²) in [7, 11) is 1.61. The van der Waals surface area contributed by atoms with E-state index in [9.17, 15) is 9.59 Å². The van der Waals surface area contributed by atoms with Gasteiger partial charge in [0.05, 0.1) is 20.1 Å². The molecule has 3 aromatic rings. The quantitative estimate of drug-likeness (QED) is 0.521. The number of fused-ring (bicyclic) bond motifs is 1. The molecule has 0 aliphatic carbocycles. The van der Waals surface area contributed by atoms with Gasteiger partial charge in [-0.15, -0.1) is 0 Å². The van der Waals surface area contributed by atoms with Gasteiger partial charge in [-0.2, -0.15) is 14.6 Å². The molecule has 4 rings (SSSR count). The topological polar surface area (TPSA) is 114 Å². The zero-order chi connectivity index (χ0) is 24.1. The molecule has 11 heteroatoms. The number of rotatable bonds is 7. The van der Waals surface area contributed by atoms with Crippen molar-refractivity contribution in [1.82, 2.24) is 29.8 Å². The van der Waals surface area contributed by atoms with E-state index in [0.717, 1.165) is 22.7 Å². The number of nitrogens with one attached hydrogen (secondary N) is 1. The van der Waals surface area contributed by atoms with Crippen LogP contribution in [0.15, 0.2) is 30.6 Å². The lowest BCUT2D eigenvalue weighted by Crippen LogP contribution is -2.52. The minimum absolute atomic E-state index is 0.0947. The third kappa shape index (κ3) is 4.87. The number of piperazine rings is 1. The molecular formula is C23H29N7O4. The Kier molecular flexibility index (Phi) is 7.09. The molecule has 2 aromatic heterocycles. The second-order valence-electron chi connectivity index (χ2n) is 7.90. The largest absolute Gasteiger partial charge is 0.496 e. The van der Waals surface area contributed by atoms with Crippen LogP contribution in [-0.2, 0) is 22.5 Å². The van der Waals surface area contributed by atoms with Crippen molar-refractivity contribution >= 4 is 23.6 Å². The Labute approximate surface area is 197 Å². The van der Waals surface area contributed by atoms with E-state index in [-0.39, 0.29) is 18.4 Å². The van der Waals surface area contributed by atoms with Gasteiger partial charge in [-0.3, -0.25) is 4.79 Å². The molecule has 0 atom stereocenters. The minimum Gasteiger partial charge on any atom is -0.496 e. The molecule has 1 saturated heterocycles. The number of esters is 1. The van der Waals surface area contributed by atoms with Gasteiger partial charge >= 0.3 is 12.0 Å².